The molecule has 0 bridgehead atoms. The second kappa shape index (κ2) is 7.49. The standard InChI is InChI=1S/C15H23N3O3/c1-3-17-8-9-21-15(11-17)10-16-12(2)13-4-6-14(7-5-13)18(19)20/h4-7,12,15-16H,3,8-11H2,1-2H3. The lowest BCUT2D eigenvalue weighted by molar-refractivity contribution is -0.384. The molecule has 2 atom stereocenters. The highest BCUT2D eigenvalue weighted by atomic mass is 16.6. The van der Waals surface area contributed by atoms with Gasteiger partial charge >= 0.3 is 0 Å². The molecule has 1 aromatic carbocycles. The first-order valence-corrected chi connectivity index (χ1v) is 7.42. The zero-order valence-corrected chi connectivity index (χ0v) is 12.6. The maximum absolute atomic E-state index is 10.6. The van der Waals surface area contributed by atoms with Gasteiger partial charge in [-0.1, -0.05) is 19.1 Å². The fourth-order valence-electron chi connectivity index (χ4n) is 2.50. The van der Waals surface area contributed by atoms with Gasteiger partial charge in [0.25, 0.3) is 5.69 Å². The number of benzene rings is 1. The third-order valence-electron chi connectivity index (χ3n) is 3.93. The average molecular weight is 293 g/mol. The van der Waals surface area contributed by atoms with E-state index >= 15 is 0 Å². The number of ether oxygens (including phenoxy) is 1. The summed E-state index contributed by atoms with van der Waals surface area (Å²) in [5.41, 5.74) is 1.17. The van der Waals surface area contributed by atoms with Gasteiger partial charge in [-0.25, -0.2) is 0 Å². The highest BCUT2D eigenvalue weighted by Gasteiger charge is 2.19. The van der Waals surface area contributed by atoms with E-state index in [2.05, 4.69) is 24.1 Å². The molecular weight excluding hydrogens is 270 g/mol. The van der Waals surface area contributed by atoms with E-state index in [0.29, 0.717) is 0 Å². The quantitative estimate of drug-likeness (QED) is 0.641. The van der Waals surface area contributed by atoms with Crippen LogP contribution in [0.4, 0.5) is 5.69 Å². The van der Waals surface area contributed by atoms with Crippen molar-refractivity contribution in [1.29, 1.82) is 0 Å². The molecule has 1 saturated heterocycles. The number of non-ortho nitro benzene ring substituents is 1. The molecule has 1 heterocycles. The predicted molar refractivity (Wildman–Crippen MR) is 81.4 cm³/mol. The summed E-state index contributed by atoms with van der Waals surface area (Å²) in [6, 6.07) is 6.84. The lowest BCUT2D eigenvalue weighted by Gasteiger charge is -2.32. The number of hydrogen-bond donors (Lipinski definition) is 1. The Morgan fingerprint density at radius 1 is 1.48 bits per heavy atom. The Morgan fingerprint density at radius 3 is 2.81 bits per heavy atom. The van der Waals surface area contributed by atoms with Crippen molar-refractivity contribution in [2.24, 2.45) is 0 Å². The number of morpholine rings is 1. The lowest BCUT2D eigenvalue weighted by Crippen LogP contribution is -2.46. The molecule has 1 fully saturated rings. The summed E-state index contributed by atoms with van der Waals surface area (Å²) in [4.78, 5) is 12.6. The maximum Gasteiger partial charge on any atom is 0.269 e. The molecule has 2 unspecified atom stereocenters. The van der Waals surface area contributed by atoms with E-state index in [-0.39, 0.29) is 22.8 Å². The molecule has 0 spiro atoms. The van der Waals surface area contributed by atoms with E-state index in [1.165, 1.54) is 0 Å². The molecule has 21 heavy (non-hydrogen) atoms. The van der Waals surface area contributed by atoms with Crippen molar-refractivity contribution in [2.45, 2.75) is 26.0 Å². The minimum absolute atomic E-state index is 0.125. The monoisotopic (exact) mass is 293 g/mol. The zero-order chi connectivity index (χ0) is 15.2. The Kier molecular flexibility index (Phi) is 5.67. The molecule has 1 N–H and O–H groups in total. The highest BCUT2D eigenvalue weighted by molar-refractivity contribution is 5.34. The van der Waals surface area contributed by atoms with Crippen LogP contribution in [0.15, 0.2) is 24.3 Å². The van der Waals surface area contributed by atoms with Crippen LogP contribution in [0.25, 0.3) is 0 Å². The summed E-state index contributed by atoms with van der Waals surface area (Å²) in [5, 5.41) is 14.1. The van der Waals surface area contributed by atoms with Crippen molar-refractivity contribution >= 4 is 5.69 Å². The number of rotatable bonds is 6. The molecule has 116 valence electrons. The Hall–Kier alpha value is -1.50. The molecule has 6 heteroatoms. The molecule has 0 amide bonds. The van der Waals surface area contributed by atoms with Gasteiger partial charge in [-0.05, 0) is 19.0 Å². The van der Waals surface area contributed by atoms with Crippen molar-refractivity contribution in [2.75, 3.05) is 32.8 Å². The Bertz CT molecular complexity index is 464. The van der Waals surface area contributed by atoms with E-state index < -0.39 is 0 Å². The van der Waals surface area contributed by atoms with E-state index in [1.54, 1.807) is 24.3 Å². The summed E-state index contributed by atoms with van der Waals surface area (Å²) in [7, 11) is 0. The first kappa shape index (κ1) is 15.9. The van der Waals surface area contributed by atoms with Crippen molar-refractivity contribution in [3.05, 3.63) is 39.9 Å². The fourth-order valence-corrected chi connectivity index (χ4v) is 2.50. The third kappa shape index (κ3) is 4.49. The Labute approximate surface area is 125 Å². The molecule has 0 radical (unpaired) electrons. The van der Waals surface area contributed by atoms with Gasteiger partial charge in [-0.3, -0.25) is 15.0 Å². The van der Waals surface area contributed by atoms with Crippen LogP contribution in [0.1, 0.15) is 25.5 Å². The first-order valence-electron chi connectivity index (χ1n) is 7.42. The summed E-state index contributed by atoms with van der Waals surface area (Å²) in [6.07, 6.45) is 0.208. The summed E-state index contributed by atoms with van der Waals surface area (Å²) < 4.78 is 5.75. The number of nitro benzene ring substituents is 1. The normalized spacial score (nSPS) is 21.1. The maximum atomic E-state index is 10.6. The van der Waals surface area contributed by atoms with Crippen LogP contribution in [0, 0.1) is 10.1 Å². The predicted octanol–water partition coefficient (Wildman–Crippen LogP) is 1.97. The minimum atomic E-state index is -0.378. The van der Waals surface area contributed by atoms with Crippen LogP contribution in [0.2, 0.25) is 0 Å². The van der Waals surface area contributed by atoms with Gasteiger partial charge in [0, 0.05) is 37.8 Å². The second-order valence-corrected chi connectivity index (χ2v) is 5.36. The van der Waals surface area contributed by atoms with Crippen molar-refractivity contribution in [1.82, 2.24) is 10.2 Å². The van der Waals surface area contributed by atoms with E-state index in [0.717, 1.165) is 38.3 Å². The van der Waals surface area contributed by atoms with Gasteiger partial charge < -0.3 is 10.1 Å². The SMILES string of the molecule is CCN1CCOC(CNC(C)c2ccc([N+](=O)[O-])cc2)C1. The van der Waals surface area contributed by atoms with Crippen molar-refractivity contribution < 1.29 is 9.66 Å². The number of nitrogens with zero attached hydrogens (tertiary/aromatic N) is 2. The smallest absolute Gasteiger partial charge is 0.269 e. The number of nitro groups is 1. The Morgan fingerprint density at radius 2 is 2.19 bits per heavy atom. The van der Waals surface area contributed by atoms with Crippen LogP contribution in [0.5, 0.6) is 0 Å². The van der Waals surface area contributed by atoms with Gasteiger partial charge in [0.15, 0.2) is 0 Å². The lowest BCUT2D eigenvalue weighted by atomic mass is 10.1. The minimum Gasteiger partial charge on any atom is -0.374 e. The number of likely N-dealkylation sites (N-methyl/N-ethyl adjacent to an activating group) is 1. The topological polar surface area (TPSA) is 67.6 Å². The summed E-state index contributed by atoms with van der Waals surface area (Å²) in [6.45, 7) is 8.80. The van der Waals surface area contributed by atoms with Crippen LogP contribution in [-0.4, -0.2) is 48.7 Å². The largest absolute Gasteiger partial charge is 0.374 e. The third-order valence-corrected chi connectivity index (χ3v) is 3.93. The van der Waals surface area contributed by atoms with Gasteiger partial charge in [-0.15, -0.1) is 0 Å². The number of hydrogen-bond acceptors (Lipinski definition) is 5. The Balaban J connectivity index is 1.83. The molecule has 1 aromatic rings. The summed E-state index contributed by atoms with van der Waals surface area (Å²) >= 11 is 0. The molecule has 0 aliphatic carbocycles. The molecule has 1 aliphatic rings. The molecule has 6 nitrogen and oxygen atoms in total. The van der Waals surface area contributed by atoms with Crippen LogP contribution < -0.4 is 5.32 Å². The van der Waals surface area contributed by atoms with E-state index in [9.17, 15) is 10.1 Å². The van der Waals surface area contributed by atoms with E-state index in [1.807, 2.05) is 0 Å². The molecule has 1 aliphatic heterocycles. The van der Waals surface area contributed by atoms with Gasteiger partial charge in [0.2, 0.25) is 0 Å². The highest BCUT2D eigenvalue weighted by Crippen LogP contribution is 2.17. The van der Waals surface area contributed by atoms with Gasteiger partial charge in [0.1, 0.15) is 0 Å². The van der Waals surface area contributed by atoms with Crippen molar-refractivity contribution in [3.63, 3.8) is 0 Å². The average Bonchev–Trinajstić information content (AvgIpc) is 2.53. The zero-order valence-electron chi connectivity index (χ0n) is 12.6. The van der Waals surface area contributed by atoms with Crippen LogP contribution in [0.3, 0.4) is 0 Å². The fraction of sp³-hybridized carbons (Fsp3) is 0.600. The van der Waals surface area contributed by atoms with Crippen molar-refractivity contribution in [3.8, 4) is 0 Å². The van der Waals surface area contributed by atoms with E-state index in [4.69, 9.17) is 4.74 Å². The molecule has 0 saturated carbocycles. The first-order chi connectivity index (χ1) is 10.1. The van der Waals surface area contributed by atoms with Gasteiger partial charge in [0.05, 0.1) is 17.6 Å². The van der Waals surface area contributed by atoms with Crippen LogP contribution in [-0.2, 0) is 4.74 Å². The molecular formula is C15H23N3O3. The molecule has 2 rings (SSSR count). The van der Waals surface area contributed by atoms with Crippen LogP contribution >= 0.6 is 0 Å². The number of nitrogens with one attached hydrogen (secondary N) is 1. The molecule has 0 aromatic heterocycles. The van der Waals surface area contributed by atoms with Gasteiger partial charge in [-0.2, -0.15) is 0 Å². The second-order valence-electron chi connectivity index (χ2n) is 5.36. The summed E-state index contributed by atoms with van der Waals surface area (Å²) in [5.74, 6) is 0.